The molecule has 2 aliphatic rings. The number of rotatable bonds is 5. The molecular formula is C15H21N5O. The standard InChI is InChI=1S/C15H21N5O/c1-11(15-17-14(18-21-15)12-5-6-12)20-9-2-4-13(20)10-19-8-3-7-16-19/h3,7-8,11-13H,2,4-6,9-10H2,1H3/t11-,13+/m0/s1. The van der Waals surface area contributed by atoms with E-state index in [0.717, 1.165) is 24.8 Å². The molecule has 1 saturated carbocycles. The Labute approximate surface area is 124 Å². The summed E-state index contributed by atoms with van der Waals surface area (Å²) in [5.74, 6) is 2.22. The van der Waals surface area contributed by atoms with Gasteiger partial charge in [0.15, 0.2) is 5.82 Å². The molecule has 1 saturated heterocycles. The molecule has 0 radical (unpaired) electrons. The first-order valence-electron chi connectivity index (χ1n) is 7.88. The third-order valence-electron chi connectivity index (χ3n) is 4.63. The Morgan fingerprint density at radius 2 is 2.29 bits per heavy atom. The average Bonchev–Trinajstić information content (AvgIpc) is 2.96. The van der Waals surface area contributed by atoms with E-state index in [0.29, 0.717) is 12.0 Å². The Morgan fingerprint density at radius 3 is 3.05 bits per heavy atom. The third-order valence-corrected chi connectivity index (χ3v) is 4.63. The maximum Gasteiger partial charge on any atom is 0.243 e. The molecule has 112 valence electrons. The van der Waals surface area contributed by atoms with Crippen LogP contribution in [0.4, 0.5) is 0 Å². The zero-order valence-electron chi connectivity index (χ0n) is 12.4. The Kier molecular flexibility index (Phi) is 3.25. The lowest BCUT2D eigenvalue weighted by Crippen LogP contribution is -2.35. The minimum Gasteiger partial charge on any atom is -0.338 e. The van der Waals surface area contributed by atoms with Crippen LogP contribution in [0.15, 0.2) is 23.0 Å². The van der Waals surface area contributed by atoms with E-state index in [-0.39, 0.29) is 6.04 Å². The molecule has 2 fully saturated rings. The molecule has 3 heterocycles. The van der Waals surface area contributed by atoms with E-state index in [9.17, 15) is 0 Å². The van der Waals surface area contributed by atoms with Crippen molar-refractivity contribution in [2.24, 2.45) is 0 Å². The quantitative estimate of drug-likeness (QED) is 0.845. The summed E-state index contributed by atoms with van der Waals surface area (Å²) in [7, 11) is 0. The summed E-state index contributed by atoms with van der Waals surface area (Å²) in [4.78, 5) is 7.08. The molecule has 4 rings (SSSR count). The second kappa shape index (κ2) is 5.26. The highest BCUT2D eigenvalue weighted by molar-refractivity contribution is 5.05. The van der Waals surface area contributed by atoms with Gasteiger partial charge in [-0.2, -0.15) is 10.1 Å². The van der Waals surface area contributed by atoms with Crippen molar-refractivity contribution in [3.05, 3.63) is 30.2 Å². The molecule has 2 aromatic rings. The molecule has 0 spiro atoms. The van der Waals surface area contributed by atoms with E-state index in [1.165, 1.54) is 25.7 Å². The van der Waals surface area contributed by atoms with Crippen molar-refractivity contribution in [2.75, 3.05) is 6.54 Å². The molecule has 6 nitrogen and oxygen atoms in total. The van der Waals surface area contributed by atoms with Gasteiger partial charge in [-0.05, 0) is 45.2 Å². The summed E-state index contributed by atoms with van der Waals surface area (Å²) in [6, 6.07) is 2.66. The van der Waals surface area contributed by atoms with Crippen molar-refractivity contribution in [1.29, 1.82) is 0 Å². The van der Waals surface area contributed by atoms with Gasteiger partial charge in [-0.3, -0.25) is 9.58 Å². The molecule has 1 aliphatic heterocycles. The molecular weight excluding hydrogens is 266 g/mol. The summed E-state index contributed by atoms with van der Waals surface area (Å²) < 4.78 is 7.51. The van der Waals surface area contributed by atoms with E-state index in [1.54, 1.807) is 0 Å². The summed E-state index contributed by atoms with van der Waals surface area (Å²) in [5, 5.41) is 8.46. The van der Waals surface area contributed by atoms with Gasteiger partial charge in [0, 0.05) is 24.4 Å². The van der Waals surface area contributed by atoms with Gasteiger partial charge in [0.2, 0.25) is 5.89 Å². The fourth-order valence-electron chi connectivity index (χ4n) is 3.25. The molecule has 0 bridgehead atoms. The molecule has 1 aliphatic carbocycles. The van der Waals surface area contributed by atoms with Crippen molar-refractivity contribution in [3.8, 4) is 0 Å². The molecule has 2 atom stereocenters. The zero-order valence-corrected chi connectivity index (χ0v) is 12.4. The highest BCUT2D eigenvalue weighted by Gasteiger charge is 2.34. The van der Waals surface area contributed by atoms with E-state index >= 15 is 0 Å². The van der Waals surface area contributed by atoms with Crippen LogP contribution < -0.4 is 0 Å². The maximum atomic E-state index is 5.50. The van der Waals surface area contributed by atoms with Crippen LogP contribution in [-0.4, -0.2) is 37.4 Å². The van der Waals surface area contributed by atoms with Crippen molar-refractivity contribution in [3.63, 3.8) is 0 Å². The topological polar surface area (TPSA) is 60.0 Å². The lowest BCUT2D eigenvalue weighted by atomic mass is 10.2. The largest absolute Gasteiger partial charge is 0.338 e. The van der Waals surface area contributed by atoms with Crippen LogP contribution in [0.25, 0.3) is 0 Å². The lowest BCUT2D eigenvalue weighted by molar-refractivity contribution is 0.144. The van der Waals surface area contributed by atoms with Crippen molar-refractivity contribution >= 4 is 0 Å². The van der Waals surface area contributed by atoms with Gasteiger partial charge in [-0.15, -0.1) is 0 Å². The fourth-order valence-corrected chi connectivity index (χ4v) is 3.25. The van der Waals surface area contributed by atoms with Gasteiger partial charge in [-0.1, -0.05) is 5.16 Å². The molecule has 0 N–H and O–H groups in total. The van der Waals surface area contributed by atoms with Gasteiger partial charge >= 0.3 is 0 Å². The predicted molar refractivity (Wildman–Crippen MR) is 76.6 cm³/mol. The second-order valence-electron chi connectivity index (χ2n) is 6.20. The van der Waals surface area contributed by atoms with Crippen LogP contribution in [0.1, 0.15) is 56.3 Å². The monoisotopic (exact) mass is 287 g/mol. The highest BCUT2D eigenvalue weighted by atomic mass is 16.5. The number of hydrogen-bond acceptors (Lipinski definition) is 5. The minimum atomic E-state index is 0.188. The second-order valence-corrected chi connectivity index (χ2v) is 6.20. The molecule has 6 heteroatoms. The molecule has 21 heavy (non-hydrogen) atoms. The van der Waals surface area contributed by atoms with Crippen LogP contribution in [0.3, 0.4) is 0 Å². The normalized spacial score (nSPS) is 24.5. The van der Waals surface area contributed by atoms with Crippen molar-refractivity contribution in [2.45, 2.75) is 57.2 Å². The van der Waals surface area contributed by atoms with Crippen molar-refractivity contribution < 1.29 is 4.52 Å². The Balaban J connectivity index is 1.47. The van der Waals surface area contributed by atoms with E-state index in [1.807, 2.05) is 23.1 Å². The SMILES string of the molecule is C[C@@H](c1nc(C2CC2)no1)N1CCC[C@@H]1Cn1cccn1. The Morgan fingerprint density at radius 1 is 1.38 bits per heavy atom. The molecule has 0 aromatic carbocycles. The number of aromatic nitrogens is 4. The first-order chi connectivity index (χ1) is 10.3. The summed E-state index contributed by atoms with van der Waals surface area (Å²) >= 11 is 0. The number of likely N-dealkylation sites (tertiary alicyclic amines) is 1. The summed E-state index contributed by atoms with van der Waals surface area (Å²) in [5.41, 5.74) is 0. The van der Waals surface area contributed by atoms with Crippen LogP contribution in [0.2, 0.25) is 0 Å². The maximum absolute atomic E-state index is 5.50. The van der Waals surface area contributed by atoms with Crippen LogP contribution in [-0.2, 0) is 6.54 Å². The van der Waals surface area contributed by atoms with Gasteiger partial charge in [0.1, 0.15) is 0 Å². The van der Waals surface area contributed by atoms with E-state index < -0.39 is 0 Å². The molecule has 0 amide bonds. The van der Waals surface area contributed by atoms with Crippen molar-refractivity contribution in [1.82, 2.24) is 24.8 Å². The smallest absolute Gasteiger partial charge is 0.243 e. The Hall–Kier alpha value is -1.69. The fraction of sp³-hybridized carbons (Fsp3) is 0.667. The summed E-state index contributed by atoms with van der Waals surface area (Å²) in [6.45, 7) is 4.20. The number of nitrogens with zero attached hydrogens (tertiary/aromatic N) is 5. The van der Waals surface area contributed by atoms with Crippen LogP contribution >= 0.6 is 0 Å². The molecule has 0 unspecified atom stereocenters. The third kappa shape index (κ3) is 2.60. The van der Waals surface area contributed by atoms with E-state index in [4.69, 9.17) is 4.52 Å². The average molecular weight is 287 g/mol. The van der Waals surface area contributed by atoms with E-state index in [2.05, 4.69) is 27.1 Å². The first kappa shape index (κ1) is 13.0. The first-order valence-corrected chi connectivity index (χ1v) is 7.88. The zero-order chi connectivity index (χ0) is 14.2. The number of hydrogen-bond donors (Lipinski definition) is 0. The van der Waals surface area contributed by atoms with Crippen LogP contribution in [0.5, 0.6) is 0 Å². The predicted octanol–water partition coefficient (Wildman–Crippen LogP) is 2.37. The van der Waals surface area contributed by atoms with Gasteiger partial charge < -0.3 is 4.52 Å². The Bertz CT molecular complexity index is 589. The van der Waals surface area contributed by atoms with Crippen LogP contribution in [0, 0.1) is 0 Å². The van der Waals surface area contributed by atoms with Gasteiger partial charge in [0.25, 0.3) is 0 Å². The van der Waals surface area contributed by atoms with Gasteiger partial charge in [0.05, 0.1) is 12.6 Å². The minimum absolute atomic E-state index is 0.188. The summed E-state index contributed by atoms with van der Waals surface area (Å²) in [6.07, 6.45) is 8.70. The highest BCUT2D eigenvalue weighted by Crippen LogP contribution is 2.39. The van der Waals surface area contributed by atoms with Gasteiger partial charge in [-0.25, -0.2) is 0 Å². The molecule has 2 aromatic heterocycles. The lowest BCUT2D eigenvalue weighted by Gasteiger charge is -2.28.